The van der Waals surface area contributed by atoms with Crippen molar-refractivity contribution in [3.63, 3.8) is 0 Å². The number of unbranched alkanes of at least 4 members (excludes halogenated alkanes) is 2. The first-order valence-electron chi connectivity index (χ1n) is 13.5. The molecule has 1 aromatic carbocycles. The second-order valence-electron chi connectivity index (χ2n) is 10.7. The smallest absolute Gasteiger partial charge is 0.429 e. The average Bonchev–Trinajstić information content (AvgIpc) is 2.88. The van der Waals surface area contributed by atoms with Gasteiger partial charge in [-0.1, -0.05) is 91.3 Å². The molecule has 1 heterocycles. The fraction of sp³-hybridized carbons (Fsp3) is 0.643. The number of alkyl halides is 3. The standard InChI is InChI=1S/C28H39Cl3N2O7/c1-5-6-8-14-21(17-23(34)39-19-28(29,30)31)24(35)33-22(25(36)40-27(2,3)4)15-11-16-32(33)26(37)38-18-20-12-9-7-10-13-20/h7,9-10,12-13,21-22H,5-6,8,11,14-19H2,1-4H3/t21-,22-/m1/s1. The van der Waals surface area contributed by atoms with Crippen molar-refractivity contribution < 1.29 is 33.4 Å². The van der Waals surface area contributed by atoms with Crippen LogP contribution in [0.3, 0.4) is 0 Å². The van der Waals surface area contributed by atoms with Crippen molar-refractivity contribution in [3.05, 3.63) is 35.9 Å². The lowest BCUT2D eigenvalue weighted by Crippen LogP contribution is -2.62. The number of carbonyl (C=O) groups is 4. The molecular formula is C28H39Cl3N2O7. The summed E-state index contributed by atoms with van der Waals surface area (Å²) in [7, 11) is 0. The molecule has 0 radical (unpaired) electrons. The van der Waals surface area contributed by atoms with Gasteiger partial charge in [-0.3, -0.25) is 9.59 Å². The summed E-state index contributed by atoms with van der Waals surface area (Å²) < 4.78 is 14.4. The topological polar surface area (TPSA) is 102 Å². The van der Waals surface area contributed by atoms with E-state index >= 15 is 0 Å². The van der Waals surface area contributed by atoms with Crippen molar-refractivity contribution in [3.8, 4) is 0 Å². The van der Waals surface area contributed by atoms with E-state index in [1.54, 1.807) is 20.8 Å². The number of rotatable bonds is 11. The van der Waals surface area contributed by atoms with Crippen molar-refractivity contribution in [2.24, 2.45) is 5.92 Å². The zero-order valence-corrected chi connectivity index (χ0v) is 25.8. The average molecular weight is 622 g/mol. The molecule has 224 valence electrons. The monoisotopic (exact) mass is 620 g/mol. The molecule has 0 aromatic heterocycles. The van der Waals surface area contributed by atoms with E-state index in [1.165, 1.54) is 0 Å². The van der Waals surface area contributed by atoms with Crippen LogP contribution in [0, 0.1) is 5.92 Å². The van der Waals surface area contributed by atoms with Crippen LogP contribution in [0.5, 0.6) is 0 Å². The van der Waals surface area contributed by atoms with E-state index in [9.17, 15) is 19.2 Å². The lowest BCUT2D eigenvalue weighted by atomic mass is 9.95. The van der Waals surface area contributed by atoms with Gasteiger partial charge >= 0.3 is 18.0 Å². The highest BCUT2D eigenvalue weighted by molar-refractivity contribution is 6.67. The fourth-order valence-electron chi connectivity index (χ4n) is 4.23. The third kappa shape index (κ3) is 11.7. The van der Waals surface area contributed by atoms with E-state index in [1.807, 2.05) is 37.3 Å². The predicted molar refractivity (Wildman–Crippen MR) is 153 cm³/mol. The largest absolute Gasteiger partial charge is 0.461 e. The van der Waals surface area contributed by atoms with Gasteiger partial charge in [0.15, 0.2) is 6.04 Å². The number of halogens is 3. The quantitative estimate of drug-likeness (QED) is 0.122. The molecule has 0 bridgehead atoms. The Bertz CT molecular complexity index is 996. The van der Waals surface area contributed by atoms with Crippen LogP contribution in [0.25, 0.3) is 0 Å². The number of benzene rings is 1. The maximum absolute atomic E-state index is 14.1. The van der Waals surface area contributed by atoms with Gasteiger partial charge in [-0.2, -0.15) is 0 Å². The van der Waals surface area contributed by atoms with Gasteiger partial charge in [-0.15, -0.1) is 0 Å². The van der Waals surface area contributed by atoms with Gasteiger partial charge in [0.05, 0.1) is 12.3 Å². The number of ether oxygens (including phenoxy) is 3. The van der Waals surface area contributed by atoms with E-state index in [-0.39, 0.29) is 26.0 Å². The van der Waals surface area contributed by atoms with Crippen LogP contribution in [0.15, 0.2) is 30.3 Å². The molecule has 12 heteroatoms. The Morgan fingerprint density at radius 1 is 1.02 bits per heavy atom. The van der Waals surface area contributed by atoms with Crippen molar-refractivity contribution in [2.75, 3.05) is 13.2 Å². The molecule has 1 aromatic rings. The van der Waals surface area contributed by atoms with Crippen molar-refractivity contribution >= 4 is 58.7 Å². The molecule has 40 heavy (non-hydrogen) atoms. The SMILES string of the molecule is CCCCC[C@H](CC(=O)OCC(Cl)(Cl)Cl)C(=O)N1[C@@H](C(=O)OC(C)(C)C)CCCN1C(=O)OCc1ccccc1. The number of esters is 2. The van der Waals surface area contributed by atoms with E-state index in [0.29, 0.717) is 19.3 Å². The minimum atomic E-state index is -1.80. The molecular weight excluding hydrogens is 583 g/mol. The molecule has 1 aliphatic heterocycles. The fourth-order valence-corrected chi connectivity index (χ4v) is 4.39. The Kier molecular flexibility index (Phi) is 13.3. The summed E-state index contributed by atoms with van der Waals surface area (Å²) in [5, 5.41) is 2.26. The molecule has 2 amide bonds. The summed E-state index contributed by atoms with van der Waals surface area (Å²) >= 11 is 17.1. The number of hydrogen-bond donors (Lipinski definition) is 0. The number of hydrazine groups is 1. The number of hydrogen-bond acceptors (Lipinski definition) is 7. The van der Waals surface area contributed by atoms with Gasteiger partial charge in [0, 0.05) is 6.54 Å². The Hall–Kier alpha value is -2.23. The summed E-state index contributed by atoms with van der Waals surface area (Å²) in [6, 6.07) is 8.03. The van der Waals surface area contributed by atoms with Crippen LogP contribution in [-0.2, 0) is 35.2 Å². The normalized spacial score (nSPS) is 16.7. The van der Waals surface area contributed by atoms with Crippen LogP contribution in [-0.4, -0.2) is 62.5 Å². The maximum Gasteiger partial charge on any atom is 0.429 e. The second kappa shape index (κ2) is 15.7. The van der Waals surface area contributed by atoms with Gasteiger partial charge < -0.3 is 14.2 Å². The van der Waals surface area contributed by atoms with Crippen molar-refractivity contribution in [1.29, 1.82) is 0 Å². The first-order valence-corrected chi connectivity index (χ1v) is 14.6. The number of carbonyl (C=O) groups excluding carboxylic acids is 4. The molecule has 0 N–H and O–H groups in total. The lowest BCUT2D eigenvalue weighted by molar-refractivity contribution is -0.183. The summed E-state index contributed by atoms with van der Waals surface area (Å²) in [5.41, 5.74) is -0.0489. The number of nitrogens with zero attached hydrogens (tertiary/aromatic N) is 2. The van der Waals surface area contributed by atoms with Crippen LogP contribution in [0.1, 0.15) is 78.2 Å². The van der Waals surface area contributed by atoms with Crippen LogP contribution in [0.4, 0.5) is 4.79 Å². The minimum Gasteiger partial charge on any atom is -0.461 e. The third-order valence-corrected chi connectivity index (χ3v) is 6.37. The van der Waals surface area contributed by atoms with Gasteiger partial charge in [0.1, 0.15) is 18.8 Å². The summed E-state index contributed by atoms with van der Waals surface area (Å²) in [6.07, 6.45) is 2.33. The molecule has 9 nitrogen and oxygen atoms in total. The Balaban J connectivity index is 2.34. The highest BCUT2D eigenvalue weighted by Crippen LogP contribution is 2.29. The molecule has 0 unspecified atom stereocenters. The second-order valence-corrected chi connectivity index (χ2v) is 13.2. The zero-order chi connectivity index (χ0) is 29.9. The Morgan fingerprint density at radius 3 is 2.30 bits per heavy atom. The maximum atomic E-state index is 14.1. The zero-order valence-electron chi connectivity index (χ0n) is 23.5. The molecule has 1 saturated heterocycles. The number of amides is 2. The van der Waals surface area contributed by atoms with Crippen molar-refractivity contribution in [2.45, 2.75) is 94.7 Å². The van der Waals surface area contributed by atoms with Gasteiger partial charge in [0.25, 0.3) is 0 Å². The van der Waals surface area contributed by atoms with Gasteiger partial charge in [-0.05, 0) is 45.6 Å². The molecule has 0 aliphatic carbocycles. The van der Waals surface area contributed by atoms with Crippen LogP contribution in [0.2, 0.25) is 0 Å². The van der Waals surface area contributed by atoms with Crippen LogP contribution >= 0.6 is 34.8 Å². The lowest BCUT2D eigenvalue weighted by Gasteiger charge is -2.43. The summed E-state index contributed by atoms with van der Waals surface area (Å²) in [5.74, 6) is -2.84. The highest BCUT2D eigenvalue weighted by atomic mass is 35.6. The Labute approximate surface area is 251 Å². The molecule has 1 fully saturated rings. The molecule has 0 saturated carbocycles. The van der Waals surface area contributed by atoms with E-state index < -0.39 is 51.9 Å². The Morgan fingerprint density at radius 2 is 1.70 bits per heavy atom. The highest BCUT2D eigenvalue weighted by Gasteiger charge is 2.44. The minimum absolute atomic E-state index is 0.0153. The first-order chi connectivity index (χ1) is 18.7. The van der Waals surface area contributed by atoms with E-state index in [4.69, 9.17) is 49.0 Å². The summed E-state index contributed by atoms with van der Waals surface area (Å²) in [4.78, 5) is 53.3. The first kappa shape index (κ1) is 34.0. The van der Waals surface area contributed by atoms with Gasteiger partial charge in [0.2, 0.25) is 9.70 Å². The van der Waals surface area contributed by atoms with E-state index in [0.717, 1.165) is 28.4 Å². The molecule has 2 atom stereocenters. The molecule has 1 aliphatic rings. The third-order valence-electron chi connectivity index (χ3n) is 6.04. The molecule has 0 spiro atoms. The van der Waals surface area contributed by atoms with Crippen molar-refractivity contribution in [1.82, 2.24) is 10.0 Å². The van der Waals surface area contributed by atoms with Crippen LogP contribution < -0.4 is 0 Å². The van der Waals surface area contributed by atoms with E-state index in [2.05, 4.69) is 0 Å². The predicted octanol–water partition coefficient (Wildman–Crippen LogP) is 6.37. The summed E-state index contributed by atoms with van der Waals surface area (Å²) in [6.45, 7) is 6.84. The molecule has 2 rings (SSSR count). The van der Waals surface area contributed by atoms with Gasteiger partial charge in [-0.25, -0.2) is 19.6 Å².